The van der Waals surface area contributed by atoms with Gasteiger partial charge in [0.2, 0.25) is 5.91 Å². The Morgan fingerprint density at radius 3 is 2.33 bits per heavy atom. The molecule has 10 nitrogen and oxygen atoms in total. The van der Waals surface area contributed by atoms with E-state index < -0.39 is 23.4 Å². The monoisotopic (exact) mass is 380 g/mol. The molecule has 0 fully saturated rings. The van der Waals surface area contributed by atoms with Crippen molar-refractivity contribution in [2.45, 2.75) is 13.8 Å². The summed E-state index contributed by atoms with van der Waals surface area (Å²) in [7, 11) is 2.96. The van der Waals surface area contributed by atoms with Gasteiger partial charge in [-0.3, -0.25) is 19.7 Å². The lowest BCUT2D eigenvalue weighted by Crippen LogP contribution is -2.42. The number of nitrogens with zero attached hydrogens (tertiary/aromatic N) is 3. The molecular weight excluding hydrogens is 356 g/mol. The molecule has 148 valence electrons. The Morgan fingerprint density at radius 2 is 1.81 bits per heavy atom. The van der Waals surface area contributed by atoms with Crippen LogP contribution in [0, 0.1) is 10.1 Å². The summed E-state index contributed by atoms with van der Waals surface area (Å²) in [4.78, 5) is 49.3. The molecule has 10 heteroatoms. The summed E-state index contributed by atoms with van der Waals surface area (Å²) in [6, 6.07) is 3.82. The first-order valence-electron chi connectivity index (χ1n) is 8.40. The molecule has 0 radical (unpaired) electrons. The van der Waals surface area contributed by atoms with Crippen molar-refractivity contribution >= 4 is 29.2 Å². The summed E-state index contributed by atoms with van der Waals surface area (Å²) in [5, 5.41) is 13.7. The average molecular weight is 380 g/mol. The first kappa shape index (κ1) is 21.9. The zero-order chi connectivity index (χ0) is 20.6. The lowest BCUT2D eigenvalue weighted by Gasteiger charge is -2.23. The van der Waals surface area contributed by atoms with Crippen LogP contribution in [-0.2, 0) is 14.3 Å². The molecule has 1 rings (SSSR count). The van der Waals surface area contributed by atoms with Gasteiger partial charge in [0.15, 0.2) is 6.61 Å². The number of ether oxygens (including phenoxy) is 1. The number of amides is 2. The van der Waals surface area contributed by atoms with Crippen LogP contribution in [0.1, 0.15) is 24.2 Å². The zero-order valence-electron chi connectivity index (χ0n) is 15.9. The maximum absolute atomic E-state index is 12.1. The summed E-state index contributed by atoms with van der Waals surface area (Å²) < 4.78 is 4.92. The third kappa shape index (κ3) is 5.94. The van der Waals surface area contributed by atoms with Crippen LogP contribution in [0.2, 0.25) is 0 Å². The van der Waals surface area contributed by atoms with Gasteiger partial charge in [0.1, 0.15) is 5.69 Å². The van der Waals surface area contributed by atoms with Gasteiger partial charge < -0.3 is 19.9 Å². The van der Waals surface area contributed by atoms with E-state index in [0.29, 0.717) is 13.1 Å². The number of rotatable bonds is 9. The van der Waals surface area contributed by atoms with Crippen LogP contribution in [0.3, 0.4) is 0 Å². The van der Waals surface area contributed by atoms with E-state index in [2.05, 4.69) is 5.32 Å². The summed E-state index contributed by atoms with van der Waals surface area (Å²) >= 11 is 0. The Balaban J connectivity index is 2.68. The molecule has 1 aromatic carbocycles. The molecule has 0 atom stereocenters. The van der Waals surface area contributed by atoms with Gasteiger partial charge in [-0.2, -0.15) is 0 Å². The highest BCUT2D eigenvalue weighted by atomic mass is 16.6. The maximum atomic E-state index is 12.1. The van der Waals surface area contributed by atoms with Gasteiger partial charge in [-0.05, 0) is 26.0 Å². The Kier molecular flexibility index (Phi) is 8.18. The predicted octanol–water partition coefficient (Wildman–Crippen LogP) is 1.12. The quantitative estimate of drug-likeness (QED) is 0.387. The predicted molar refractivity (Wildman–Crippen MR) is 98.5 cm³/mol. The Bertz CT molecular complexity index is 717. The molecule has 0 unspecified atom stereocenters. The van der Waals surface area contributed by atoms with Crippen LogP contribution in [0.25, 0.3) is 0 Å². The molecule has 27 heavy (non-hydrogen) atoms. The van der Waals surface area contributed by atoms with Gasteiger partial charge in [0.05, 0.1) is 17.0 Å². The molecule has 2 amide bonds. The first-order chi connectivity index (χ1) is 12.7. The number of hydrogen-bond acceptors (Lipinski definition) is 7. The Labute approximate surface area is 157 Å². The molecule has 0 aliphatic heterocycles. The highest BCUT2D eigenvalue weighted by Gasteiger charge is 2.20. The molecule has 0 saturated carbocycles. The van der Waals surface area contributed by atoms with E-state index in [-0.39, 0.29) is 29.4 Å². The van der Waals surface area contributed by atoms with Crippen molar-refractivity contribution in [3.05, 3.63) is 33.9 Å². The molecule has 0 bridgehead atoms. The molecule has 0 aliphatic rings. The smallest absolute Gasteiger partial charge is 0.338 e. The second-order valence-corrected chi connectivity index (χ2v) is 5.63. The van der Waals surface area contributed by atoms with Gasteiger partial charge in [-0.25, -0.2) is 4.79 Å². The minimum absolute atomic E-state index is 0.0460. The molecule has 0 heterocycles. The number of anilines is 1. The van der Waals surface area contributed by atoms with E-state index in [9.17, 15) is 24.5 Å². The van der Waals surface area contributed by atoms with E-state index in [0.717, 1.165) is 6.07 Å². The number of nitrogens with one attached hydrogen (secondary N) is 1. The fourth-order valence-corrected chi connectivity index (χ4v) is 2.31. The second-order valence-electron chi connectivity index (χ2n) is 5.63. The number of nitro benzene ring substituents is 1. The van der Waals surface area contributed by atoms with Crippen molar-refractivity contribution in [3.8, 4) is 0 Å². The number of likely N-dealkylation sites (N-methyl/N-ethyl adjacent to an activating group) is 2. The summed E-state index contributed by atoms with van der Waals surface area (Å²) in [6.07, 6.45) is 0. The molecule has 1 N–H and O–H groups in total. The molecule has 0 aromatic heterocycles. The van der Waals surface area contributed by atoms with Crippen LogP contribution in [0.15, 0.2) is 18.2 Å². The van der Waals surface area contributed by atoms with Gasteiger partial charge in [0.25, 0.3) is 11.6 Å². The summed E-state index contributed by atoms with van der Waals surface area (Å²) in [5.74, 6) is -1.62. The maximum Gasteiger partial charge on any atom is 0.338 e. The van der Waals surface area contributed by atoms with Crippen molar-refractivity contribution in [3.63, 3.8) is 0 Å². The van der Waals surface area contributed by atoms with Gasteiger partial charge in [-0.15, -0.1) is 0 Å². The lowest BCUT2D eigenvalue weighted by atomic mass is 10.1. The van der Waals surface area contributed by atoms with Crippen molar-refractivity contribution in [1.82, 2.24) is 9.80 Å². The van der Waals surface area contributed by atoms with Gasteiger partial charge >= 0.3 is 5.97 Å². The molecule has 1 aromatic rings. The van der Waals surface area contributed by atoms with Crippen LogP contribution in [0.4, 0.5) is 11.4 Å². The van der Waals surface area contributed by atoms with E-state index in [1.165, 1.54) is 31.1 Å². The van der Waals surface area contributed by atoms with Crippen molar-refractivity contribution < 1.29 is 24.0 Å². The fourth-order valence-electron chi connectivity index (χ4n) is 2.31. The van der Waals surface area contributed by atoms with Crippen molar-refractivity contribution in [1.29, 1.82) is 0 Å². The largest absolute Gasteiger partial charge is 0.452 e. The number of esters is 1. The third-order valence-electron chi connectivity index (χ3n) is 3.94. The normalized spacial score (nSPS) is 10.1. The molecule has 0 aliphatic carbocycles. The topological polar surface area (TPSA) is 122 Å². The summed E-state index contributed by atoms with van der Waals surface area (Å²) in [5.41, 5.74) is -0.0714. The SMILES string of the molecule is CCN(CC)C(=O)CN(C)C(=O)COC(=O)c1ccc(NC)c([N+](=O)[O-])c1. The van der Waals surface area contributed by atoms with Gasteiger partial charge in [-0.1, -0.05) is 0 Å². The zero-order valence-corrected chi connectivity index (χ0v) is 15.9. The van der Waals surface area contributed by atoms with Crippen LogP contribution >= 0.6 is 0 Å². The Hall–Kier alpha value is -3.17. The minimum Gasteiger partial charge on any atom is -0.452 e. The highest BCUT2D eigenvalue weighted by molar-refractivity contribution is 5.93. The van der Waals surface area contributed by atoms with Gasteiger partial charge in [0, 0.05) is 33.3 Å². The summed E-state index contributed by atoms with van der Waals surface area (Å²) in [6.45, 7) is 4.05. The highest BCUT2D eigenvalue weighted by Crippen LogP contribution is 2.25. The molecular formula is C17H24N4O6. The average Bonchev–Trinajstić information content (AvgIpc) is 2.65. The molecule has 0 saturated heterocycles. The first-order valence-corrected chi connectivity index (χ1v) is 8.40. The lowest BCUT2D eigenvalue weighted by molar-refractivity contribution is -0.384. The third-order valence-corrected chi connectivity index (χ3v) is 3.94. The number of carbonyl (C=O) groups is 3. The van der Waals surface area contributed by atoms with Crippen LogP contribution in [-0.4, -0.2) is 72.8 Å². The minimum atomic E-state index is -0.863. The van der Waals surface area contributed by atoms with E-state index in [1.54, 1.807) is 4.90 Å². The van der Waals surface area contributed by atoms with Crippen LogP contribution < -0.4 is 5.32 Å². The van der Waals surface area contributed by atoms with E-state index >= 15 is 0 Å². The number of nitro groups is 1. The number of benzene rings is 1. The van der Waals surface area contributed by atoms with E-state index in [1.807, 2.05) is 13.8 Å². The fraction of sp³-hybridized carbons (Fsp3) is 0.471. The van der Waals surface area contributed by atoms with Crippen LogP contribution in [0.5, 0.6) is 0 Å². The number of hydrogen-bond donors (Lipinski definition) is 1. The number of carbonyl (C=O) groups excluding carboxylic acids is 3. The Morgan fingerprint density at radius 1 is 1.19 bits per heavy atom. The molecule has 0 spiro atoms. The van der Waals surface area contributed by atoms with Crippen molar-refractivity contribution in [2.24, 2.45) is 0 Å². The van der Waals surface area contributed by atoms with E-state index in [4.69, 9.17) is 4.74 Å². The van der Waals surface area contributed by atoms with Crippen molar-refractivity contribution in [2.75, 3.05) is 45.7 Å². The standard InChI is InChI=1S/C17H24N4O6/c1-5-20(6-2)15(22)10-19(4)16(23)11-27-17(24)12-7-8-13(18-3)14(9-12)21(25)26/h7-9,18H,5-6,10-11H2,1-4H3. The second kappa shape index (κ2) is 10.1.